The van der Waals surface area contributed by atoms with Gasteiger partial charge in [-0.3, -0.25) is 14.2 Å². The average molecular weight is 430 g/mol. The van der Waals surface area contributed by atoms with Gasteiger partial charge in [-0.05, 0) is 31.2 Å². The summed E-state index contributed by atoms with van der Waals surface area (Å²) >= 11 is 1.30. The number of benzene rings is 1. The van der Waals surface area contributed by atoms with Crippen molar-refractivity contribution in [1.82, 2.24) is 19.3 Å². The van der Waals surface area contributed by atoms with Crippen molar-refractivity contribution >= 4 is 22.2 Å². The first-order valence-electron chi connectivity index (χ1n) is 9.08. The Morgan fingerprint density at radius 3 is 2.53 bits per heavy atom. The van der Waals surface area contributed by atoms with Crippen LogP contribution in [0.1, 0.15) is 34.7 Å². The first kappa shape index (κ1) is 20.1. The summed E-state index contributed by atoms with van der Waals surface area (Å²) in [6.45, 7) is 1.89. The summed E-state index contributed by atoms with van der Waals surface area (Å²) in [6, 6.07) is 10.1. The Bertz CT molecular complexity index is 1180. The highest BCUT2D eigenvalue weighted by Crippen LogP contribution is 2.31. The molecule has 5 nitrogen and oxygen atoms in total. The number of imidazole rings is 1. The zero-order chi connectivity index (χ0) is 21.5. The van der Waals surface area contributed by atoms with Crippen LogP contribution in [-0.4, -0.2) is 32.2 Å². The van der Waals surface area contributed by atoms with Gasteiger partial charge < -0.3 is 4.90 Å². The van der Waals surface area contributed by atoms with Crippen molar-refractivity contribution in [2.75, 3.05) is 7.05 Å². The Hall–Kier alpha value is -3.20. The van der Waals surface area contributed by atoms with E-state index in [0.29, 0.717) is 21.9 Å². The van der Waals surface area contributed by atoms with Crippen LogP contribution in [0.5, 0.6) is 0 Å². The molecule has 0 aliphatic carbocycles. The van der Waals surface area contributed by atoms with Gasteiger partial charge in [0.1, 0.15) is 5.69 Å². The summed E-state index contributed by atoms with van der Waals surface area (Å²) in [7, 11) is 1.71. The number of amides is 1. The van der Waals surface area contributed by atoms with Gasteiger partial charge in [-0.15, -0.1) is 11.3 Å². The number of alkyl halides is 3. The molecule has 0 bridgehead atoms. The molecule has 0 fully saturated rings. The van der Waals surface area contributed by atoms with Gasteiger partial charge in [-0.2, -0.15) is 13.2 Å². The summed E-state index contributed by atoms with van der Waals surface area (Å²) in [5, 5.41) is 1.73. The Morgan fingerprint density at radius 1 is 1.17 bits per heavy atom. The van der Waals surface area contributed by atoms with E-state index in [9.17, 15) is 18.0 Å². The molecule has 4 aromatic rings. The number of carbonyl (C=O) groups excluding carboxylic acids is 1. The van der Waals surface area contributed by atoms with Gasteiger partial charge in [0.15, 0.2) is 4.96 Å². The van der Waals surface area contributed by atoms with Gasteiger partial charge in [-0.1, -0.05) is 18.2 Å². The van der Waals surface area contributed by atoms with E-state index in [1.165, 1.54) is 23.5 Å². The zero-order valence-corrected chi connectivity index (χ0v) is 16.9. The number of hydrogen-bond donors (Lipinski definition) is 0. The Balaban J connectivity index is 1.62. The third-order valence-electron chi connectivity index (χ3n) is 4.95. The van der Waals surface area contributed by atoms with Crippen LogP contribution in [0, 0.1) is 0 Å². The Morgan fingerprint density at radius 2 is 1.90 bits per heavy atom. The number of rotatable bonds is 4. The second-order valence-electron chi connectivity index (χ2n) is 6.82. The maximum atomic E-state index is 13.1. The van der Waals surface area contributed by atoms with Crippen LogP contribution in [0.2, 0.25) is 0 Å². The number of fused-ring (bicyclic) bond motifs is 1. The molecule has 0 radical (unpaired) electrons. The van der Waals surface area contributed by atoms with Crippen LogP contribution in [-0.2, 0) is 6.18 Å². The fourth-order valence-electron chi connectivity index (χ4n) is 3.08. The number of thiazole rings is 1. The third-order valence-corrected chi connectivity index (χ3v) is 5.79. The third kappa shape index (κ3) is 3.68. The van der Waals surface area contributed by atoms with Gasteiger partial charge in [0, 0.05) is 30.4 Å². The molecule has 0 N–H and O–H groups in total. The molecular weight excluding hydrogens is 413 g/mol. The van der Waals surface area contributed by atoms with Crippen LogP contribution in [0.15, 0.2) is 60.2 Å². The monoisotopic (exact) mass is 430 g/mol. The Kier molecular flexibility index (Phi) is 5.07. The fourth-order valence-corrected chi connectivity index (χ4v) is 3.93. The average Bonchev–Trinajstić information content (AvgIpc) is 3.33. The van der Waals surface area contributed by atoms with Gasteiger partial charge >= 0.3 is 6.18 Å². The van der Waals surface area contributed by atoms with Crippen molar-refractivity contribution in [1.29, 1.82) is 0 Å². The van der Waals surface area contributed by atoms with Crippen molar-refractivity contribution in [3.63, 3.8) is 0 Å². The first-order valence-corrected chi connectivity index (χ1v) is 9.96. The number of halogens is 3. The quantitative estimate of drug-likeness (QED) is 0.441. The molecule has 1 atom stereocenters. The molecule has 30 heavy (non-hydrogen) atoms. The van der Waals surface area contributed by atoms with Crippen LogP contribution in [0.4, 0.5) is 13.2 Å². The molecule has 0 spiro atoms. The van der Waals surface area contributed by atoms with Crippen molar-refractivity contribution in [3.05, 3.63) is 77.2 Å². The molecule has 3 aromatic heterocycles. The molecule has 0 saturated heterocycles. The van der Waals surface area contributed by atoms with E-state index >= 15 is 0 Å². The highest BCUT2D eigenvalue weighted by Gasteiger charge is 2.30. The SMILES string of the molecule is C[C@@H](c1ccccn1)N(C)C(=O)c1csc2nc(-c3ccc(C(F)(F)F)cc3)cn12. The molecule has 4 rings (SSSR count). The highest BCUT2D eigenvalue weighted by atomic mass is 32.1. The Labute approximate surface area is 174 Å². The maximum Gasteiger partial charge on any atom is 0.416 e. The van der Waals surface area contributed by atoms with E-state index in [1.54, 1.807) is 34.1 Å². The standard InChI is InChI=1S/C21H17F3N4OS/c1-13(16-5-3-4-10-25-16)27(2)19(29)18-12-30-20-26-17(11-28(18)20)14-6-8-15(9-7-14)21(22,23)24/h3-13H,1-2H3/t13-/m0/s1. The molecule has 3 heterocycles. The lowest BCUT2D eigenvalue weighted by molar-refractivity contribution is -0.137. The minimum absolute atomic E-state index is 0.198. The molecule has 1 amide bonds. The molecule has 0 unspecified atom stereocenters. The van der Waals surface area contributed by atoms with Gasteiger partial charge in [0.05, 0.1) is 23.0 Å². The largest absolute Gasteiger partial charge is 0.416 e. The van der Waals surface area contributed by atoms with E-state index in [-0.39, 0.29) is 11.9 Å². The van der Waals surface area contributed by atoms with Crippen molar-refractivity contribution in [2.45, 2.75) is 19.1 Å². The summed E-state index contributed by atoms with van der Waals surface area (Å²) in [6.07, 6.45) is -1.04. The molecule has 154 valence electrons. The van der Waals surface area contributed by atoms with Gasteiger partial charge in [0.2, 0.25) is 0 Å². The minimum atomic E-state index is -4.39. The lowest BCUT2D eigenvalue weighted by Crippen LogP contribution is -2.30. The molecule has 1 aromatic carbocycles. The van der Waals surface area contributed by atoms with Crippen LogP contribution >= 0.6 is 11.3 Å². The van der Waals surface area contributed by atoms with Crippen LogP contribution in [0.25, 0.3) is 16.2 Å². The zero-order valence-electron chi connectivity index (χ0n) is 16.1. The van der Waals surface area contributed by atoms with E-state index in [0.717, 1.165) is 17.8 Å². The van der Waals surface area contributed by atoms with E-state index in [4.69, 9.17) is 0 Å². The second-order valence-corrected chi connectivity index (χ2v) is 7.66. The summed E-state index contributed by atoms with van der Waals surface area (Å²) < 4.78 is 40.0. The number of carbonyl (C=O) groups is 1. The molecule has 0 saturated carbocycles. The summed E-state index contributed by atoms with van der Waals surface area (Å²) in [4.78, 5) is 24.0. The number of pyridine rings is 1. The lowest BCUT2D eigenvalue weighted by Gasteiger charge is -2.24. The second kappa shape index (κ2) is 7.56. The normalized spacial score (nSPS) is 12.8. The number of nitrogens with zero attached hydrogens (tertiary/aromatic N) is 4. The maximum absolute atomic E-state index is 13.1. The molecule has 0 aliphatic heterocycles. The topological polar surface area (TPSA) is 50.5 Å². The predicted molar refractivity (Wildman–Crippen MR) is 108 cm³/mol. The van der Waals surface area contributed by atoms with Gasteiger partial charge in [0.25, 0.3) is 5.91 Å². The van der Waals surface area contributed by atoms with E-state index in [2.05, 4.69) is 9.97 Å². The fraction of sp³-hybridized carbons (Fsp3) is 0.190. The van der Waals surface area contributed by atoms with Crippen molar-refractivity contribution in [2.24, 2.45) is 0 Å². The van der Waals surface area contributed by atoms with Gasteiger partial charge in [-0.25, -0.2) is 4.98 Å². The lowest BCUT2D eigenvalue weighted by atomic mass is 10.1. The first-order chi connectivity index (χ1) is 14.3. The summed E-state index contributed by atoms with van der Waals surface area (Å²) in [5.41, 5.74) is 1.55. The minimum Gasteiger partial charge on any atom is -0.332 e. The van der Waals surface area contributed by atoms with Crippen LogP contribution in [0.3, 0.4) is 0 Å². The molecule has 9 heteroatoms. The molecular formula is C21H17F3N4OS. The van der Waals surface area contributed by atoms with E-state index < -0.39 is 11.7 Å². The molecule has 0 aliphatic rings. The van der Waals surface area contributed by atoms with Crippen molar-refractivity contribution < 1.29 is 18.0 Å². The summed E-state index contributed by atoms with van der Waals surface area (Å²) in [5.74, 6) is -0.198. The van der Waals surface area contributed by atoms with E-state index in [1.807, 2.05) is 25.1 Å². The van der Waals surface area contributed by atoms with Crippen LogP contribution < -0.4 is 0 Å². The number of hydrogen-bond acceptors (Lipinski definition) is 4. The predicted octanol–water partition coefficient (Wildman–Crippen LogP) is 5.31. The highest BCUT2D eigenvalue weighted by molar-refractivity contribution is 7.15. The number of aromatic nitrogens is 3. The van der Waals surface area contributed by atoms with Crippen molar-refractivity contribution in [3.8, 4) is 11.3 Å². The smallest absolute Gasteiger partial charge is 0.332 e.